The molecule has 1 atom stereocenters. The van der Waals surface area contributed by atoms with Crippen molar-refractivity contribution in [1.82, 2.24) is 10.2 Å². The molecule has 1 fully saturated rings. The van der Waals surface area contributed by atoms with E-state index in [4.69, 9.17) is 0 Å². The summed E-state index contributed by atoms with van der Waals surface area (Å²) in [5.41, 5.74) is -0.327. The van der Waals surface area contributed by atoms with Gasteiger partial charge >= 0.3 is 6.03 Å². The average molecular weight is 354 g/mol. The van der Waals surface area contributed by atoms with Gasteiger partial charge in [-0.25, -0.2) is 4.79 Å². The van der Waals surface area contributed by atoms with Crippen molar-refractivity contribution in [2.75, 3.05) is 11.9 Å². The third-order valence-electron chi connectivity index (χ3n) is 3.46. The summed E-state index contributed by atoms with van der Waals surface area (Å²) in [6, 6.07) is 6.54. The molecule has 0 aromatic heterocycles. The van der Waals surface area contributed by atoms with Gasteiger partial charge in [-0.05, 0) is 31.5 Å². The highest BCUT2D eigenvalue weighted by Gasteiger charge is 2.46. The fourth-order valence-electron chi connectivity index (χ4n) is 2.04. The van der Waals surface area contributed by atoms with Gasteiger partial charge in [-0.3, -0.25) is 14.5 Å². The van der Waals surface area contributed by atoms with E-state index in [9.17, 15) is 14.4 Å². The van der Waals surface area contributed by atoms with Gasteiger partial charge in [0.05, 0.1) is 0 Å². The number of nitrogens with zero attached hydrogens (tertiary/aromatic N) is 1. The third-order valence-corrected chi connectivity index (χ3v) is 3.96. The first-order chi connectivity index (χ1) is 9.85. The number of imide groups is 1. The number of hydrogen-bond donors (Lipinski definition) is 2. The van der Waals surface area contributed by atoms with E-state index in [1.54, 1.807) is 25.1 Å². The quantitative estimate of drug-likeness (QED) is 0.813. The van der Waals surface area contributed by atoms with Crippen LogP contribution in [-0.2, 0) is 9.59 Å². The maximum atomic E-state index is 12.2. The van der Waals surface area contributed by atoms with Crippen molar-refractivity contribution in [2.45, 2.75) is 25.8 Å². The van der Waals surface area contributed by atoms with Gasteiger partial charge in [-0.15, -0.1) is 0 Å². The van der Waals surface area contributed by atoms with Crippen molar-refractivity contribution in [1.29, 1.82) is 0 Å². The number of benzene rings is 1. The lowest BCUT2D eigenvalue weighted by atomic mass is 9.99. The number of hydrogen-bond acceptors (Lipinski definition) is 3. The molecular weight excluding hydrogens is 338 g/mol. The molecule has 4 amide bonds. The lowest BCUT2D eigenvalue weighted by molar-refractivity contribution is -0.133. The van der Waals surface area contributed by atoms with Crippen molar-refractivity contribution in [3.8, 4) is 0 Å². The molecule has 7 heteroatoms. The summed E-state index contributed by atoms with van der Waals surface area (Å²) < 4.78 is 0.828. The maximum absolute atomic E-state index is 12.2. The van der Waals surface area contributed by atoms with Crippen LogP contribution < -0.4 is 10.6 Å². The highest BCUT2D eigenvalue weighted by atomic mass is 79.9. The van der Waals surface area contributed by atoms with Crippen LogP contribution in [0, 0.1) is 0 Å². The molecule has 1 aromatic carbocycles. The predicted molar refractivity (Wildman–Crippen MR) is 81.7 cm³/mol. The summed E-state index contributed by atoms with van der Waals surface area (Å²) >= 11 is 3.30. The van der Waals surface area contributed by atoms with Gasteiger partial charge in [0, 0.05) is 10.2 Å². The Morgan fingerprint density at radius 1 is 1.43 bits per heavy atom. The molecule has 21 heavy (non-hydrogen) atoms. The standard InChI is InChI=1S/C14H16BrN3O3/c1-3-14(2)12(20)18(13(21)17-14)8-11(19)16-10-6-4-5-9(15)7-10/h4-7H,3,8H2,1-2H3,(H,16,19)(H,17,21)/t14-/m1/s1. The van der Waals surface area contributed by atoms with E-state index in [1.165, 1.54) is 0 Å². The second-order valence-corrected chi connectivity index (χ2v) is 5.98. The summed E-state index contributed by atoms with van der Waals surface area (Å²) in [4.78, 5) is 36.9. The Hall–Kier alpha value is -1.89. The van der Waals surface area contributed by atoms with Crippen LogP contribution in [-0.4, -0.2) is 34.8 Å². The molecule has 0 spiro atoms. The second kappa shape index (κ2) is 5.85. The molecule has 0 radical (unpaired) electrons. The van der Waals surface area contributed by atoms with Gasteiger partial charge in [0.2, 0.25) is 5.91 Å². The minimum Gasteiger partial charge on any atom is -0.324 e. The van der Waals surface area contributed by atoms with Crippen LogP contribution in [0.5, 0.6) is 0 Å². The smallest absolute Gasteiger partial charge is 0.324 e. The van der Waals surface area contributed by atoms with Gasteiger partial charge in [0.15, 0.2) is 0 Å². The normalized spacial score (nSPS) is 21.4. The Morgan fingerprint density at radius 3 is 2.71 bits per heavy atom. The third kappa shape index (κ3) is 3.24. The molecule has 0 saturated carbocycles. The van der Waals surface area contributed by atoms with Crippen LogP contribution in [0.2, 0.25) is 0 Å². The summed E-state index contributed by atoms with van der Waals surface area (Å²) in [6.45, 7) is 3.16. The largest absolute Gasteiger partial charge is 0.325 e. The van der Waals surface area contributed by atoms with E-state index in [1.807, 2.05) is 13.0 Å². The Balaban J connectivity index is 2.03. The number of carbonyl (C=O) groups excluding carboxylic acids is 3. The van der Waals surface area contributed by atoms with Crippen LogP contribution in [0.25, 0.3) is 0 Å². The molecule has 0 unspecified atom stereocenters. The summed E-state index contributed by atoms with van der Waals surface area (Å²) in [5, 5.41) is 5.26. The molecule has 6 nitrogen and oxygen atoms in total. The van der Waals surface area contributed by atoms with Gasteiger partial charge in [-0.2, -0.15) is 0 Å². The molecule has 1 aliphatic rings. The number of nitrogens with one attached hydrogen (secondary N) is 2. The molecule has 0 aliphatic carbocycles. The van der Waals surface area contributed by atoms with Gasteiger partial charge < -0.3 is 10.6 Å². The summed E-state index contributed by atoms with van der Waals surface area (Å²) in [5.74, 6) is -0.795. The van der Waals surface area contributed by atoms with Crippen molar-refractivity contribution >= 4 is 39.5 Å². The van der Waals surface area contributed by atoms with Crippen LogP contribution in [0.1, 0.15) is 20.3 Å². The summed E-state index contributed by atoms with van der Waals surface area (Å²) in [6.07, 6.45) is 0.474. The zero-order valence-corrected chi connectivity index (χ0v) is 13.4. The first-order valence-electron chi connectivity index (χ1n) is 6.55. The first kappa shape index (κ1) is 15.5. The highest BCUT2D eigenvalue weighted by molar-refractivity contribution is 9.10. The molecule has 1 aliphatic heterocycles. The number of halogens is 1. The SMILES string of the molecule is CC[C@@]1(C)NC(=O)N(CC(=O)Nc2cccc(Br)c2)C1=O. The van der Waals surface area contributed by atoms with Gasteiger partial charge in [0.25, 0.3) is 5.91 Å². The monoisotopic (exact) mass is 353 g/mol. The van der Waals surface area contributed by atoms with Crippen molar-refractivity contribution in [3.63, 3.8) is 0 Å². The maximum Gasteiger partial charge on any atom is 0.325 e. The molecule has 2 N–H and O–H groups in total. The summed E-state index contributed by atoms with van der Waals surface area (Å²) in [7, 11) is 0. The van der Waals surface area contributed by atoms with Crippen LogP contribution in [0.15, 0.2) is 28.7 Å². The Morgan fingerprint density at radius 2 is 2.14 bits per heavy atom. The molecule has 1 saturated heterocycles. The van der Waals surface area contributed by atoms with E-state index >= 15 is 0 Å². The van der Waals surface area contributed by atoms with E-state index in [0.29, 0.717) is 12.1 Å². The molecular formula is C14H16BrN3O3. The first-order valence-corrected chi connectivity index (χ1v) is 7.34. The molecule has 2 rings (SSSR count). The molecule has 1 aromatic rings. The minimum atomic E-state index is -0.923. The van der Waals surface area contributed by atoms with E-state index in [2.05, 4.69) is 26.6 Å². The minimum absolute atomic E-state index is 0.299. The van der Waals surface area contributed by atoms with Gasteiger partial charge in [-0.1, -0.05) is 28.9 Å². The van der Waals surface area contributed by atoms with E-state index in [-0.39, 0.29) is 12.5 Å². The average Bonchev–Trinajstić information content (AvgIpc) is 2.63. The highest BCUT2D eigenvalue weighted by Crippen LogP contribution is 2.21. The number of amides is 4. The van der Waals surface area contributed by atoms with Gasteiger partial charge in [0.1, 0.15) is 12.1 Å². The number of rotatable bonds is 4. The van der Waals surface area contributed by atoms with Crippen LogP contribution in [0.3, 0.4) is 0 Å². The lowest BCUT2D eigenvalue weighted by Gasteiger charge is -2.19. The molecule has 112 valence electrons. The Bertz CT molecular complexity index is 605. The molecule has 0 bridgehead atoms. The van der Waals surface area contributed by atoms with Crippen molar-refractivity contribution in [3.05, 3.63) is 28.7 Å². The fraction of sp³-hybridized carbons (Fsp3) is 0.357. The van der Waals surface area contributed by atoms with Crippen LogP contribution >= 0.6 is 15.9 Å². The predicted octanol–water partition coefficient (Wildman–Crippen LogP) is 2.11. The number of urea groups is 1. The zero-order chi connectivity index (χ0) is 15.6. The fourth-order valence-corrected chi connectivity index (χ4v) is 2.44. The Labute approximate surface area is 131 Å². The lowest BCUT2D eigenvalue weighted by Crippen LogP contribution is -2.44. The van der Waals surface area contributed by atoms with Crippen molar-refractivity contribution < 1.29 is 14.4 Å². The van der Waals surface area contributed by atoms with Crippen molar-refractivity contribution in [2.24, 2.45) is 0 Å². The topological polar surface area (TPSA) is 78.5 Å². The van der Waals surface area contributed by atoms with E-state index < -0.39 is 17.5 Å². The Kier molecular flexibility index (Phi) is 4.32. The van der Waals surface area contributed by atoms with E-state index in [0.717, 1.165) is 9.37 Å². The number of carbonyl (C=O) groups is 3. The second-order valence-electron chi connectivity index (χ2n) is 5.07. The molecule has 1 heterocycles. The zero-order valence-electron chi connectivity index (χ0n) is 11.8. The number of anilines is 1. The van der Waals surface area contributed by atoms with Crippen LogP contribution in [0.4, 0.5) is 10.5 Å².